The first-order chi connectivity index (χ1) is 18.5. The quantitative estimate of drug-likeness (QED) is 0.311. The van der Waals surface area contributed by atoms with Gasteiger partial charge in [-0.3, -0.25) is 19.6 Å². The summed E-state index contributed by atoms with van der Waals surface area (Å²) in [6.45, 7) is -0.489. The predicted molar refractivity (Wildman–Crippen MR) is 133 cm³/mol. The zero-order valence-electron chi connectivity index (χ0n) is 20.5. The highest BCUT2D eigenvalue weighted by molar-refractivity contribution is 7.89. The van der Waals surface area contributed by atoms with Gasteiger partial charge in [-0.2, -0.15) is 4.31 Å². The van der Waals surface area contributed by atoms with E-state index in [1.54, 1.807) is 0 Å². The number of sulfonamides is 1. The molecule has 0 bridgehead atoms. The molecule has 2 saturated heterocycles. The normalized spacial score (nSPS) is 18.5. The summed E-state index contributed by atoms with van der Waals surface area (Å²) in [7, 11) is -4.72. The van der Waals surface area contributed by atoms with Crippen molar-refractivity contribution in [2.24, 2.45) is 0 Å². The summed E-state index contributed by atoms with van der Waals surface area (Å²) in [5.41, 5.74) is 1.35. The van der Waals surface area contributed by atoms with E-state index in [1.165, 1.54) is 34.6 Å². The zero-order chi connectivity index (χ0) is 28.3. The van der Waals surface area contributed by atoms with Crippen LogP contribution in [0.2, 0.25) is 5.02 Å². The number of halogens is 3. The van der Waals surface area contributed by atoms with Gasteiger partial charge in [0.1, 0.15) is 11.8 Å². The second-order valence-electron chi connectivity index (χ2n) is 8.98. The van der Waals surface area contributed by atoms with Crippen molar-refractivity contribution in [1.29, 1.82) is 0 Å². The summed E-state index contributed by atoms with van der Waals surface area (Å²) >= 11 is 5.78. The van der Waals surface area contributed by atoms with E-state index in [-0.39, 0.29) is 12.3 Å². The van der Waals surface area contributed by atoms with Crippen molar-refractivity contribution in [3.8, 4) is 11.5 Å². The molecule has 1 atom stereocenters. The minimum absolute atomic E-state index is 0.0485. The van der Waals surface area contributed by atoms with Crippen LogP contribution in [-0.4, -0.2) is 84.2 Å². The zero-order valence-corrected chi connectivity index (χ0v) is 22.1. The molecule has 0 aliphatic carbocycles. The van der Waals surface area contributed by atoms with Crippen LogP contribution < -0.4 is 10.2 Å². The third-order valence-electron chi connectivity index (χ3n) is 6.47. The number of hydroxylamine groups is 1. The minimum Gasteiger partial charge on any atom is -0.451 e. The molecule has 2 aliphatic rings. The number of rotatable bonds is 5. The minimum atomic E-state index is -4.72. The highest BCUT2D eigenvalue weighted by atomic mass is 35.5. The Bertz CT molecular complexity index is 1350. The number of piperidine rings is 1. The van der Waals surface area contributed by atoms with Crippen molar-refractivity contribution in [2.45, 2.75) is 30.2 Å². The van der Waals surface area contributed by atoms with Gasteiger partial charge in [0.2, 0.25) is 10.0 Å². The molecule has 2 aliphatic heterocycles. The summed E-state index contributed by atoms with van der Waals surface area (Å²) in [4.78, 5) is 39.5. The van der Waals surface area contributed by atoms with Crippen LogP contribution in [0.25, 0.3) is 0 Å². The second-order valence-corrected chi connectivity index (χ2v) is 11.3. The Morgan fingerprint density at radius 2 is 1.51 bits per heavy atom. The van der Waals surface area contributed by atoms with E-state index in [1.807, 2.05) is 0 Å². The molecule has 0 spiro atoms. The van der Waals surface area contributed by atoms with Crippen LogP contribution in [0.4, 0.5) is 8.78 Å². The highest BCUT2D eigenvalue weighted by Crippen LogP contribution is 2.32. The number of likely N-dealkylation sites (tertiary alicyclic amines) is 1. The number of benzene rings is 2. The largest absolute Gasteiger partial charge is 0.451 e. The molecule has 0 aromatic heterocycles. The third-order valence-corrected chi connectivity index (χ3v) is 8.61. The summed E-state index contributed by atoms with van der Waals surface area (Å²) in [6, 6.07) is 4.99. The van der Waals surface area contributed by atoms with Gasteiger partial charge in [-0.15, -0.1) is 0 Å². The maximum atomic E-state index is 14.8. The molecule has 210 valence electrons. The average molecular weight is 587 g/mol. The van der Waals surface area contributed by atoms with Crippen LogP contribution in [-0.2, 0) is 24.4 Å². The molecular formula is C24H25ClF2N4O7S. The molecule has 2 aromatic rings. The lowest BCUT2D eigenvalue weighted by Gasteiger charge is -2.39. The molecule has 2 heterocycles. The van der Waals surface area contributed by atoms with Gasteiger partial charge in [-0.05, 0) is 55.7 Å². The van der Waals surface area contributed by atoms with Crippen molar-refractivity contribution in [2.75, 3.05) is 32.7 Å². The van der Waals surface area contributed by atoms with Crippen LogP contribution >= 0.6 is 11.6 Å². The highest BCUT2D eigenvalue weighted by Gasteiger charge is 2.43. The van der Waals surface area contributed by atoms with E-state index in [0.717, 1.165) is 24.2 Å². The van der Waals surface area contributed by atoms with Gasteiger partial charge >= 0.3 is 11.8 Å². The Morgan fingerprint density at radius 1 is 0.923 bits per heavy atom. The second kappa shape index (κ2) is 11.8. The number of carbonyl (C=O) groups excluding carboxylic acids is 3. The van der Waals surface area contributed by atoms with Crippen LogP contribution in [0.15, 0.2) is 41.3 Å². The summed E-state index contributed by atoms with van der Waals surface area (Å²) < 4.78 is 62.3. The van der Waals surface area contributed by atoms with E-state index < -0.39 is 69.2 Å². The standard InChI is InChI=1S/C24H25ClF2N4O7S/c25-15-4-6-16(7-5-15)38-21-18(26)12-17(13-19(21)27)39(36,37)31-11-10-30(14-20(31)22(32)28-35)24(34)23(33)29-8-2-1-3-9-29/h4-7,12-13,20,35H,1-3,8-11,14H2,(H,28,32)/t20-/m0/s1. The molecule has 2 fully saturated rings. The number of nitrogens with one attached hydrogen (secondary N) is 1. The summed E-state index contributed by atoms with van der Waals surface area (Å²) in [6.07, 6.45) is 2.43. The lowest BCUT2D eigenvalue weighted by Crippen LogP contribution is -2.62. The lowest BCUT2D eigenvalue weighted by atomic mass is 10.1. The number of nitrogens with zero attached hydrogens (tertiary/aromatic N) is 3. The number of piperazine rings is 1. The molecule has 2 aromatic carbocycles. The van der Waals surface area contributed by atoms with Crippen LogP contribution in [0.3, 0.4) is 0 Å². The van der Waals surface area contributed by atoms with E-state index >= 15 is 0 Å². The van der Waals surface area contributed by atoms with E-state index in [4.69, 9.17) is 16.3 Å². The number of carbonyl (C=O) groups is 3. The van der Waals surface area contributed by atoms with Gasteiger partial charge in [-0.1, -0.05) is 11.6 Å². The SMILES string of the molecule is O=C(NO)[C@@H]1CN(C(=O)C(=O)N2CCCCC2)CCN1S(=O)(=O)c1cc(F)c(Oc2ccc(Cl)cc2)c(F)c1. The van der Waals surface area contributed by atoms with Gasteiger partial charge in [0.15, 0.2) is 17.4 Å². The van der Waals surface area contributed by atoms with Crippen LogP contribution in [0.1, 0.15) is 19.3 Å². The molecule has 0 radical (unpaired) electrons. The smallest absolute Gasteiger partial charge is 0.312 e. The van der Waals surface area contributed by atoms with Gasteiger partial charge in [0.05, 0.1) is 4.90 Å². The molecule has 2 N–H and O–H groups in total. The first-order valence-electron chi connectivity index (χ1n) is 12.0. The summed E-state index contributed by atoms with van der Waals surface area (Å²) in [5, 5.41) is 9.58. The van der Waals surface area contributed by atoms with Crippen molar-refractivity contribution < 1.29 is 41.5 Å². The molecular weight excluding hydrogens is 562 g/mol. The fourth-order valence-corrected chi connectivity index (χ4v) is 6.15. The van der Waals surface area contributed by atoms with Crippen molar-refractivity contribution in [3.63, 3.8) is 0 Å². The van der Waals surface area contributed by atoms with Crippen molar-refractivity contribution in [3.05, 3.63) is 53.1 Å². The van der Waals surface area contributed by atoms with Crippen molar-refractivity contribution >= 4 is 39.3 Å². The molecule has 0 saturated carbocycles. The van der Waals surface area contributed by atoms with Crippen molar-refractivity contribution in [1.82, 2.24) is 19.6 Å². The maximum absolute atomic E-state index is 14.8. The Balaban J connectivity index is 1.56. The molecule has 0 unspecified atom stereocenters. The molecule has 4 rings (SSSR count). The Morgan fingerprint density at radius 3 is 2.10 bits per heavy atom. The average Bonchev–Trinajstić information content (AvgIpc) is 2.94. The van der Waals surface area contributed by atoms with Gasteiger partial charge in [0.25, 0.3) is 5.91 Å². The first kappa shape index (κ1) is 28.7. The Labute approximate surface area is 227 Å². The first-order valence-corrected chi connectivity index (χ1v) is 13.8. The number of amides is 3. The third kappa shape index (κ3) is 6.13. The Hall–Kier alpha value is -3.33. The van der Waals surface area contributed by atoms with Crippen LogP contribution in [0, 0.1) is 11.6 Å². The fraction of sp³-hybridized carbons (Fsp3) is 0.375. The van der Waals surface area contributed by atoms with Gasteiger partial charge < -0.3 is 14.5 Å². The molecule has 11 nitrogen and oxygen atoms in total. The lowest BCUT2D eigenvalue weighted by molar-refractivity contribution is -0.154. The summed E-state index contributed by atoms with van der Waals surface area (Å²) in [5.74, 6) is -6.33. The maximum Gasteiger partial charge on any atom is 0.312 e. The van der Waals surface area contributed by atoms with E-state index in [0.29, 0.717) is 34.6 Å². The molecule has 3 amide bonds. The van der Waals surface area contributed by atoms with Gasteiger partial charge in [-0.25, -0.2) is 22.7 Å². The number of hydrogen-bond acceptors (Lipinski definition) is 7. The Kier molecular flexibility index (Phi) is 8.69. The number of hydrogen-bond donors (Lipinski definition) is 2. The fourth-order valence-electron chi connectivity index (χ4n) is 4.43. The topological polar surface area (TPSA) is 137 Å². The molecule has 39 heavy (non-hydrogen) atoms. The number of ether oxygens (including phenoxy) is 1. The van der Waals surface area contributed by atoms with Crippen LogP contribution in [0.5, 0.6) is 11.5 Å². The van der Waals surface area contributed by atoms with E-state index in [9.17, 15) is 36.8 Å². The monoisotopic (exact) mass is 586 g/mol. The predicted octanol–water partition coefficient (Wildman–Crippen LogP) is 2.13. The van der Waals surface area contributed by atoms with Gasteiger partial charge in [0, 0.05) is 37.7 Å². The van der Waals surface area contributed by atoms with E-state index in [2.05, 4.69) is 0 Å². The molecule has 15 heteroatoms.